The zero-order valence-corrected chi connectivity index (χ0v) is 13.2. The van der Waals surface area contributed by atoms with Crippen LogP contribution in [0.2, 0.25) is 0 Å². The van der Waals surface area contributed by atoms with Crippen molar-refractivity contribution >= 4 is 6.01 Å². The molecule has 0 atom stereocenters. The minimum atomic E-state index is 0.363. The number of anilines is 1. The highest BCUT2D eigenvalue weighted by atomic mass is 16.5. The van der Waals surface area contributed by atoms with Crippen molar-refractivity contribution in [2.24, 2.45) is 0 Å². The second kappa shape index (κ2) is 9.72. The third-order valence-electron chi connectivity index (χ3n) is 3.09. The van der Waals surface area contributed by atoms with E-state index in [-0.39, 0.29) is 0 Å². The van der Waals surface area contributed by atoms with Gasteiger partial charge in [0.2, 0.25) is 5.89 Å². The Hall–Kier alpha value is -1.14. The summed E-state index contributed by atoms with van der Waals surface area (Å²) in [4.78, 5) is 2.17. The lowest BCUT2D eigenvalue weighted by Gasteiger charge is -2.24. The summed E-state index contributed by atoms with van der Waals surface area (Å²) in [6.07, 6.45) is 3.59. The van der Waals surface area contributed by atoms with Crippen molar-refractivity contribution in [1.29, 1.82) is 0 Å². The Morgan fingerprint density at radius 1 is 1.30 bits per heavy atom. The molecule has 1 heterocycles. The number of rotatable bonds is 11. The maximum absolute atomic E-state index is 5.72. The van der Waals surface area contributed by atoms with Crippen LogP contribution in [0.25, 0.3) is 0 Å². The molecule has 0 aliphatic carbocycles. The Morgan fingerprint density at radius 3 is 2.75 bits per heavy atom. The van der Waals surface area contributed by atoms with Crippen molar-refractivity contribution in [3.05, 3.63) is 5.89 Å². The van der Waals surface area contributed by atoms with E-state index in [2.05, 4.69) is 41.2 Å². The SMILES string of the molecule is CCCCCN(c1nnc(CNCCOC)o1)C(C)C. The maximum atomic E-state index is 5.72. The molecule has 1 N–H and O–H groups in total. The van der Waals surface area contributed by atoms with Gasteiger partial charge in [-0.05, 0) is 20.3 Å². The van der Waals surface area contributed by atoms with Crippen LogP contribution in [-0.2, 0) is 11.3 Å². The average molecular weight is 284 g/mol. The molecule has 0 bridgehead atoms. The van der Waals surface area contributed by atoms with E-state index in [4.69, 9.17) is 9.15 Å². The molecule has 0 radical (unpaired) electrons. The van der Waals surface area contributed by atoms with Crippen LogP contribution in [0.15, 0.2) is 4.42 Å². The topological polar surface area (TPSA) is 63.4 Å². The highest BCUT2D eigenvalue weighted by molar-refractivity contribution is 5.25. The lowest BCUT2D eigenvalue weighted by Crippen LogP contribution is -2.32. The molecular weight excluding hydrogens is 256 g/mol. The van der Waals surface area contributed by atoms with Gasteiger partial charge in [0.15, 0.2) is 0 Å². The first-order chi connectivity index (χ1) is 9.69. The molecule has 6 nitrogen and oxygen atoms in total. The van der Waals surface area contributed by atoms with E-state index in [0.717, 1.165) is 19.5 Å². The van der Waals surface area contributed by atoms with Crippen LogP contribution < -0.4 is 10.2 Å². The molecule has 0 spiro atoms. The van der Waals surface area contributed by atoms with Crippen LogP contribution >= 0.6 is 0 Å². The van der Waals surface area contributed by atoms with Crippen molar-refractivity contribution in [1.82, 2.24) is 15.5 Å². The second-order valence-electron chi connectivity index (χ2n) is 5.14. The first-order valence-corrected chi connectivity index (χ1v) is 7.47. The quantitative estimate of drug-likeness (QED) is 0.629. The van der Waals surface area contributed by atoms with Crippen molar-refractivity contribution in [2.45, 2.75) is 52.6 Å². The Labute approximate surface area is 121 Å². The molecule has 0 amide bonds. The van der Waals surface area contributed by atoms with Gasteiger partial charge in [-0.15, -0.1) is 5.10 Å². The van der Waals surface area contributed by atoms with E-state index < -0.39 is 0 Å². The van der Waals surface area contributed by atoms with E-state index in [0.29, 0.717) is 31.1 Å². The molecule has 0 aromatic carbocycles. The highest BCUT2D eigenvalue weighted by Gasteiger charge is 2.16. The predicted octanol–water partition coefficient (Wildman–Crippen LogP) is 2.21. The van der Waals surface area contributed by atoms with Crippen LogP contribution in [0.4, 0.5) is 6.01 Å². The molecule has 0 fully saturated rings. The number of ether oxygens (including phenoxy) is 1. The Kier molecular flexibility index (Phi) is 8.22. The summed E-state index contributed by atoms with van der Waals surface area (Å²) in [5, 5.41) is 11.4. The predicted molar refractivity (Wildman–Crippen MR) is 79.9 cm³/mol. The normalized spacial score (nSPS) is 11.2. The standard InChI is InChI=1S/C14H28N4O2/c1-5-6-7-9-18(12(2)3)14-17-16-13(20-14)11-15-8-10-19-4/h12,15H,5-11H2,1-4H3. The number of aromatic nitrogens is 2. The molecule has 20 heavy (non-hydrogen) atoms. The lowest BCUT2D eigenvalue weighted by molar-refractivity contribution is 0.198. The van der Waals surface area contributed by atoms with E-state index in [1.165, 1.54) is 12.8 Å². The van der Waals surface area contributed by atoms with Gasteiger partial charge >= 0.3 is 6.01 Å². The summed E-state index contributed by atoms with van der Waals surface area (Å²) in [7, 11) is 1.68. The molecular formula is C14H28N4O2. The molecule has 6 heteroatoms. The van der Waals surface area contributed by atoms with Gasteiger partial charge in [0.25, 0.3) is 0 Å². The van der Waals surface area contributed by atoms with Gasteiger partial charge in [-0.2, -0.15) is 0 Å². The highest BCUT2D eigenvalue weighted by Crippen LogP contribution is 2.16. The molecule has 0 aliphatic heterocycles. The van der Waals surface area contributed by atoms with Crippen molar-refractivity contribution in [3.63, 3.8) is 0 Å². The van der Waals surface area contributed by atoms with Crippen LogP contribution in [0, 0.1) is 0 Å². The minimum absolute atomic E-state index is 0.363. The molecule has 0 saturated heterocycles. The van der Waals surface area contributed by atoms with E-state index in [9.17, 15) is 0 Å². The average Bonchev–Trinajstić information content (AvgIpc) is 2.88. The third-order valence-corrected chi connectivity index (χ3v) is 3.09. The number of nitrogens with one attached hydrogen (secondary N) is 1. The van der Waals surface area contributed by atoms with Gasteiger partial charge in [-0.3, -0.25) is 0 Å². The van der Waals surface area contributed by atoms with E-state index in [1.54, 1.807) is 7.11 Å². The largest absolute Gasteiger partial charge is 0.407 e. The smallest absolute Gasteiger partial charge is 0.318 e. The monoisotopic (exact) mass is 284 g/mol. The van der Waals surface area contributed by atoms with Gasteiger partial charge in [0.05, 0.1) is 13.2 Å². The number of unbranched alkanes of at least 4 members (excludes halogenated alkanes) is 2. The fourth-order valence-corrected chi connectivity index (χ4v) is 1.91. The summed E-state index contributed by atoms with van der Waals surface area (Å²) < 4.78 is 10.7. The molecule has 0 aliphatic rings. The number of hydrogen-bond donors (Lipinski definition) is 1. The first kappa shape index (κ1) is 16.9. The number of hydrogen-bond acceptors (Lipinski definition) is 6. The van der Waals surface area contributed by atoms with Crippen LogP contribution in [-0.4, -0.2) is 43.0 Å². The summed E-state index contributed by atoms with van der Waals surface area (Å²) >= 11 is 0. The summed E-state index contributed by atoms with van der Waals surface area (Å²) in [6.45, 7) is 9.49. The molecule has 0 unspecified atom stereocenters. The Morgan fingerprint density at radius 2 is 2.10 bits per heavy atom. The van der Waals surface area contributed by atoms with Crippen LogP contribution in [0.5, 0.6) is 0 Å². The molecule has 1 rings (SSSR count). The Balaban J connectivity index is 2.48. The van der Waals surface area contributed by atoms with Crippen LogP contribution in [0.1, 0.15) is 45.9 Å². The minimum Gasteiger partial charge on any atom is -0.407 e. The third kappa shape index (κ3) is 5.88. The van der Waals surface area contributed by atoms with Gasteiger partial charge in [-0.1, -0.05) is 24.9 Å². The molecule has 1 aromatic heterocycles. The summed E-state index contributed by atoms with van der Waals surface area (Å²) in [6, 6.07) is 0.987. The van der Waals surface area contributed by atoms with E-state index in [1.807, 2.05) is 0 Å². The zero-order chi connectivity index (χ0) is 14.8. The second-order valence-corrected chi connectivity index (χ2v) is 5.14. The fraction of sp³-hybridized carbons (Fsp3) is 0.857. The zero-order valence-electron chi connectivity index (χ0n) is 13.2. The van der Waals surface area contributed by atoms with Gasteiger partial charge < -0.3 is 19.4 Å². The van der Waals surface area contributed by atoms with E-state index >= 15 is 0 Å². The number of methoxy groups -OCH3 is 1. The van der Waals surface area contributed by atoms with Gasteiger partial charge in [-0.25, -0.2) is 0 Å². The first-order valence-electron chi connectivity index (χ1n) is 7.47. The molecule has 0 saturated carbocycles. The maximum Gasteiger partial charge on any atom is 0.318 e. The lowest BCUT2D eigenvalue weighted by atomic mass is 10.2. The fourth-order valence-electron chi connectivity index (χ4n) is 1.91. The Bertz CT molecular complexity index is 355. The van der Waals surface area contributed by atoms with Crippen molar-refractivity contribution in [3.8, 4) is 0 Å². The van der Waals surface area contributed by atoms with Crippen LogP contribution in [0.3, 0.4) is 0 Å². The van der Waals surface area contributed by atoms with Gasteiger partial charge in [0, 0.05) is 26.2 Å². The van der Waals surface area contributed by atoms with Crippen molar-refractivity contribution < 1.29 is 9.15 Å². The van der Waals surface area contributed by atoms with Crippen molar-refractivity contribution in [2.75, 3.05) is 31.7 Å². The summed E-state index contributed by atoms with van der Waals surface area (Å²) in [5.74, 6) is 0.622. The summed E-state index contributed by atoms with van der Waals surface area (Å²) in [5.41, 5.74) is 0. The number of nitrogens with zero attached hydrogens (tertiary/aromatic N) is 3. The molecule has 1 aromatic rings. The molecule has 116 valence electrons. The van der Waals surface area contributed by atoms with Gasteiger partial charge in [0.1, 0.15) is 0 Å².